The summed E-state index contributed by atoms with van der Waals surface area (Å²) < 4.78 is 38.9. The van der Waals surface area contributed by atoms with Gasteiger partial charge in [0.15, 0.2) is 9.84 Å². The summed E-state index contributed by atoms with van der Waals surface area (Å²) in [7, 11) is -3.65. The van der Waals surface area contributed by atoms with Gasteiger partial charge in [-0.05, 0) is 55.7 Å². The van der Waals surface area contributed by atoms with E-state index in [1.165, 1.54) is 12.1 Å². The summed E-state index contributed by atoms with van der Waals surface area (Å²) in [6, 6.07) is 6.36. The van der Waals surface area contributed by atoms with E-state index in [9.17, 15) is 22.4 Å². The molecule has 8 heteroatoms. The zero-order chi connectivity index (χ0) is 18.9. The van der Waals surface area contributed by atoms with Crippen LogP contribution in [-0.2, 0) is 9.84 Å². The summed E-state index contributed by atoms with van der Waals surface area (Å²) in [5.41, 5.74) is 0.232. The highest BCUT2D eigenvalue weighted by Gasteiger charge is 2.27. The number of hydrogen-bond donors (Lipinski definition) is 1. The predicted octanol–water partition coefficient (Wildman–Crippen LogP) is 1.83. The third-order valence-corrected chi connectivity index (χ3v) is 6.06. The number of amides is 1. The molecule has 0 atom stereocenters. The van der Waals surface area contributed by atoms with E-state index < -0.39 is 21.6 Å². The normalized spacial score (nSPS) is 14.2. The van der Waals surface area contributed by atoms with Crippen molar-refractivity contribution in [2.24, 2.45) is 0 Å². The molecule has 1 aliphatic rings. The van der Waals surface area contributed by atoms with Crippen molar-refractivity contribution in [2.45, 2.75) is 30.7 Å². The molecule has 1 heterocycles. The van der Waals surface area contributed by atoms with Crippen LogP contribution in [0.2, 0.25) is 0 Å². The molecule has 1 aromatic heterocycles. The van der Waals surface area contributed by atoms with Gasteiger partial charge >= 0.3 is 0 Å². The molecule has 6 nitrogen and oxygen atoms in total. The van der Waals surface area contributed by atoms with Gasteiger partial charge in [-0.25, -0.2) is 12.8 Å². The van der Waals surface area contributed by atoms with Crippen LogP contribution in [0.3, 0.4) is 0 Å². The van der Waals surface area contributed by atoms with Gasteiger partial charge < -0.3 is 9.88 Å². The van der Waals surface area contributed by atoms with Crippen molar-refractivity contribution >= 4 is 15.7 Å². The number of pyridine rings is 1. The van der Waals surface area contributed by atoms with Crippen molar-refractivity contribution in [3.05, 3.63) is 63.8 Å². The van der Waals surface area contributed by atoms with Gasteiger partial charge in [-0.3, -0.25) is 9.59 Å². The number of carbonyl (C=O) groups excluding carboxylic acids is 1. The maximum atomic E-state index is 12.9. The Kier molecular flexibility index (Phi) is 4.95. The second-order valence-corrected chi connectivity index (χ2v) is 8.46. The number of aryl methyl sites for hydroxylation is 1. The Morgan fingerprint density at radius 2 is 1.88 bits per heavy atom. The van der Waals surface area contributed by atoms with Crippen LogP contribution in [0.15, 0.2) is 46.2 Å². The molecule has 1 saturated carbocycles. The largest absolute Gasteiger partial charge is 0.351 e. The minimum atomic E-state index is -3.65. The summed E-state index contributed by atoms with van der Waals surface area (Å²) >= 11 is 0. The van der Waals surface area contributed by atoms with Gasteiger partial charge in [0.1, 0.15) is 11.4 Å². The summed E-state index contributed by atoms with van der Waals surface area (Å²) in [5.74, 6) is -1.45. The van der Waals surface area contributed by atoms with Crippen LogP contribution in [-0.4, -0.2) is 31.2 Å². The Hall–Kier alpha value is -2.48. The number of rotatable bonds is 6. The first-order valence-electron chi connectivity index (χ1n) is 8.28. The average Bonchev–Trinajstić information content (AvgIpc) is 3.40. The lowest BCUT2D eigenvalue weighted by molar-refractivity contribution is 0.0953. The van der Waals surface area contributed by atoms with Gasteiger partial charge in [0.25, 0.3) is 11.5 Å². The Morgan fingerprint density at radius 1 is 1.23 bits per heavy atom. The van der Waals surface area contributed by atoms with Gasteiger partial charge in [-0.2, -0.15) is 0 Å². The summed E-state index contributed by atoms with van der Waals surface area (Å²) in [6.07, 6.45) is 3.52. The number of nitrogens with one attached hydrogen (secondary N) is 1. The standard InChI is InChI=1S/C18H19FN2O4S/c1-12-8-10-21(14-4-5-14)18(23)16(12)17(22)20-9-11-26(24,25)15-6-2-13(19)3-7-15/h2-3,6-8,10,14H,4-5,9,11H2,1H3,(H,20,22). The number of aromatic nitrogens is 1. The first-order valence-corrected chi connectivity index (χ1v) is 9.93. The molecule has 3 rings (SSSR count). The number of hydrogen-bond acceptors (Lipinski definition) is 4. The lowest BCUT2D eigenvalue weighted by atomic mass is 10.1. The van der Waals surface area contributed by atoms with Crippen molar-refractivity contribution in [3.63, 3.8) is 0 Å². The van der Waals surface area contributed by atoms with Crippen LogP contribution in [0.1, 0.15) is 34.8 Å². The molecule has 26 heavy (non-hydrogen) atoms. The minimum absolute atomic E-state index is 0.0138. The molecular weight excluding hydrogens is 359 g/mol. The van der Waals surface area contributed by atoms with Gasteiger partial charge in [0.05, 0.1) is 10.6 Å². The Bertz CT molecular complexity index is 993. The zero-order valence-electron chi connectivity index (χ0n) is 14.2. The monoisotopic (exact) mass is 378 g/mol. The SMILES string of the molecule is Cc1ccn(C2CC2)c(=O)c1C(=O)NCCS(=O)(=O)c1ccc(F)cc1. The molecule has 0 unspecified atom stereocenters. The lowest BCUT2D eigenvalue weighted by Gasteiger charge is -2.11. The molecule has 1 aliphatic carbocycles. The smallest absolute Gasteiger partial charge is 0.263 e. The molecule has 0 aliphatic heterocycles. The number of benzene rings is 1. The fourth-order valence-corrected chi connectivity index (χ4v) is 3.86. The van der Waals surface area contributed by atoms with Crippen LogP contribution in [0, 0.1) is 12.7 Å². The molecule has 138 valence electrons. The molecular formula is C18H19FN2O4S. The van der Waals surface area contributed by atoms with Crippen molar-refractivity contribution < 1.29 is 17.6 Å². The summed E-state index contributed by atoms with van der Waals surface area (Å²) in [4.78, 5) is 24.8. The quantitative estimate of drug-likeness (QED) is 0.777. The van der Waals surface area contributed by atoms with E-state index in [2.05, 4.69) is 5.32 Å². The van der Waals surface area contributed by atoms with Crippen LogP contribution in [0.4, 0.5) is 4.39 Å². The first-order chi connectivity index (χ1) is 12.3. The average molecular weight is 378 g/mol. The third-order valence-electron chi connectivity index (χ3n) is 4.32. The summed E-state index contributed by atoms with van der Waals surface area (Å²) in [6.45, 7) is 1.53. The molecule has 1 fully saturated rings. The molecule has 1 aromatic carbocycles. The van der Waals surface area contributed by atoms with E-state index >= 15 is 0 Å². The second kappa shape index (κ2) is 7.03. The van der Waals surface area contributed by atoms with E-state index in [-0.39, 0.29) is 34.4 Å². The van der Waals surface area contributed by atoms with Crippen LogP contribution in [0.25, 0.3) is 0 Å². The predicted molar refractivity (Wildman–Crippen MR) is 94.5 cm³/mol. The van der Waals surface area contributed by atoms with Crippen molar-refractivity contribution in [1.29, 1.82) is 0 Å². The van der Waals surface area contributed by atoms with E-state index in [1.807, 2.05) is 0 Å². The van der Waals surface area contributed by atoms with E-state index in [4.69, 9.17) is 0 Å². The van der Waals surface area contributed by atoms with Crippen molar-refractivity contribution in [2.75, 3.05) is 12.3 Å². The van der Waals surface area contributed by atoms with Gasteiger partial charge in [-0.15, -0.1) is 0 Å². The van der Waals surface area contributed by atoms with Gasteiger partial charge in [0, 0.05) is 18.8 Å². The van der Waals surface area contributed by atoms with E-state index in [0.717, 1.165) is 25.0 Å². The highest BCUT2D eigenvalue weighted by molar-refractivity contribution is 7.91. The fraction of sp³-hybridized carbons (Fsp3) is 0.333. The minimum Gasteiger partial charge on any atom is -0.351 e. The summed E-state index contributed by atoms with van der Waals surface area (Å²) in [5, 5.41) is 2.50. The molecule has 0 bridgehead atoms. The number of sulfone groups is 1. The lowest BCUT2D eigenvalue weighted by Crippen LogP contribution is -2.36. The fourth-order valence-electron chi connectivity index (χ4n) is 2.70. The Labute approximate surface area is 150 Å². The molecule has 0 saturated heterocycles. The molecule has 2 aromatic rings. The first kappa shape index (κ1) is 18.3. The highest BCUT2D eigenvalue weighted by atomic mass is 32.2. The number of carbonyl (C=O) groups is 1. The maximum Gasteiger partial charge on any atom is 0.263 e. The highest BCUT2D eigenvalue weighted by Crippen LogP contribution is 2.33. The third kappa shape index (κ3) is 3.85. The van der Waals surface area contributed by atoms with E-state index in [1.54, 1.807) is 23.8 Å². The van der Waals surface area contributed by atoms with Crippen molar-refractivity contribution in [3.8, 4) is 0 Å². The van der Waals surface area contributed by atoms with Crippen LogP contribution < -0.4 is 10.9 Å². The second-order valence-electron chi connectivity index (χ2n) is 6.35. The Morgan fingerprint density at radius 3 is 2.50 bits per heavy atom. The molecule has 1 amide bonds. The van der Waals surface area contributed by atoms with Crippen LogP contribution in [0.5, 0.6) is 0 Å². The van der Waals surface area contributed by atoms with E-state index in [0.29, 0.717) is 5.56 Å². The number of halogens is 1. The van der Waals surface area contributed by atoms with Gasteiger partial charge in [-0.1, -0.05) is 0 Å². The zero-order valence-corrected chi connectivity index (χ0v) is 15.1. The maximum absolute atomic E-state index is 12.9. The molecule has 0 spiro atoms. The van der Waals surface area contributed by atoms with Crippen LogP contribution >= 0.6 is 0 Å². The Balaban J connectivity index is 1.69. The molecule has 0 radical (unpaired) electrons. The number of nitrogens with zero attached hydrogens (tertiary/aromatic N) is 1. The van der Waals surface area contributed by atoms with Gasteiger partial charge in [0.2, 0.25) is 0 Å². The van der Waals surface area contributed by atoms with Crippen molar-refractivity contribution in [1.82, 2.24) is 9.88 Å². The molecule has 1 N–H and O–H groups in total. The topological polar surface area (TPSA) is 85.2 Å².